The van der Waals surface area contributed by atoms with E-state index in [4.69, 9.17) is 0 Å². The molecule has 0 aliphatic carbocycles. The smallest absolute Gasteiger partial charge is 0.255 e. The maximum absolute atomic E-state index is 12.6. The number of halogens is 2. The first-order chi connectivity index (χ1) is 9.13. The van der Waals surface area contributed by atoms with Gasteiger partial charge in [0, 0.05) is 22.4 Å². The highest BCUT2D eigenvalue weighted by atomic mass is 79.9. The molecule has 1 atom stereocenters. The average Bonchev–Trinajstić information content (AvgIpc) is 2.83. The predicted octanol–water partition coefficient (Wildman–Crippen LogP) is 4.54. The third-order valence-corrected chi connectivity index (χ3v) is 4.88. The zero-order chi connectivity index (χ0) is 13.8. The molecule has 4 heteroatoms. The van der Waals surface area contributed by atoms with Crippen LogP contribution in [-0.4, -0.2) is 28.7 Å². The summed E-state index contributed by atoms with van der Waals surface area (Å²) in [6.45, 7) is 2.93. The van der Waals surface area contributed by atoms with Crippen LogP contribution in [0.15, 0.2) is 22.7 Å². The second-order valence-corrected chi connectivity index (χ2v) is 6.76. The fraction of sp³-hybridized carbons (Fsp3) is 0.533. The molecule has 2 rings (SSSR count). The van der Waals surface area contributed by atoms with Gasteiger partial charge in [-0.15, -0.1) is 0 Å². The Balaban J connectivity index is 2.13. The summed E-state index contributed by atoms with van der Waals surface area (Å²) in [5.41, 5.74) is 1.96. The van der Waals surface area contributed by atoms with Crippen LogP contribution in [0.5, 0.6) is 0 Å². The third-order valence-electron chi connectivity index (χ3n) is 3.66. The van der Waals surface area contributed by atoms with Gasteiger partial charge in [0.1, 0.15) is 0 Å². The van der Waals surface area contributed by atoms with E-state index in [9.17, 15) is 4.79 Å². The van der Waals surface area contributed by atoms with Crippen molar-refractivity contribution in [3.63, 3.8) is 0 Å². The van der Waals surface area contributed by atoms with Gasteiger partial charge in [0.05, 0.1) is 5.56 Å². The van der Waals surface area contributed by atoms with Gasteiger partial charge in [0.25, 0.3) is 5.91 Å². The molecule has 0 radical (unpaired) electrons. The molecule has 0 saturated carbocycles. The van der Waals surface area contributed by atoms with E-state index in [1.807, 2.05) is 25.1 Å². The van der Waals surface area contributed by atoms with Crippen molar-refractivity contribution in [3.05, 3.63) is 33.8 Å². The third kappa shape index (κ3) is 3.60. The number of rotatable bonds is 4. The number of carbonyl (C=O) groups is 1. The van der Waals surface area contributed by atoms with Crippen molar-refractivity contribution < 1.29 is 4.79 Å². The van der Waals surface area contributed by atoms with Crippen LogP contribution in [0.4, 0.5) is 0 Å². The van der Waals surface area contributed by atoms with Gasteiger partial charge in [0.15, 0.2) is 0 Å². The highest BCUT2D eigenvalue weighted by Crippen LogP contribution is 2.27. The van der Waals surface area contributed by atoms with E-state index >= 15 is 0 Å². The molecule has 0 N–H and O–H groups in total. The summed E-state index contributed by atoms with van der Waals surface area (Å²) in [5.74, 6) is 0.170. The monoisotopic (exact) mass is 387 g/mol. The van der Waals surface area contributed by atoms with Crippen molar-refractivity contribution in [3.8, 4) is 0 Å². The molecule has 1 saturated heterocycles. The van der Waals surface area contributed by atoms with Gasteiger partial charge >= 0.3 is 0 Å². The Bertz CT molecular complexity index is 461. The van der Waals surface area contributed by atoms with Gasteiger partial charge in [-0.05, 0) is 66.2 Å². The molecular formula is C15H19Br2NO. The quantitative estimate of drug-likeness (QED) is 0.693. The van der Waals surface area contributed by atoms with Gasteiger partial charge in [0.2, 0.25) is 0 Å². The molecule has 0 spiro atoms. The van der Waals surface area contributed by atoms with Crippen LogP contribution >= 0.6 is 31.9 Å². The Kier molecular flexibility index (Phi) is 5.46. The fourth-order valence-electron chi connectivity index (χ4n) is 2.66. The van der Waals surface area contributed by atoms with Crippen LogP contribution < -0.4 is 0 Å². The zero-order valence-electron chi connectivity index (χ0n) is 11.2. The molecular weight excluding hydrogens is 370 g/mol. The number of alkyl halides is 1. The first-order valence-corrected chi connectivity index (χ1v) is 8.68. The summed E-state index contributed by atoms with van der Waals surface area (Å²) in [4.78, 5) is 14.7. The van der Waals surface area contributed by atoms with E-state index in [1.165, 1.54) is 5.56 Å². The van der Waals surface area contributed by atoms with Crippen molar-refractivity contribution in [2.75, 3.05) is 11.9 Å². The molecule has 1 fully saturated rings. The van der Waals surface area contributed by atoms with Gasteiger partial charge in [-0.2, -0.15) is 0 Å². The highest BCUT2D eigenvalue weighted by molar-refractivity contribution is 9.10. The lowest BCUT2D eigenvalue weighted by atomic mass is 10.1. The van der Waals surface area contributed by atoms with Crippen molar-refractivity contribution >= 4 is 37.8 Å². The maximum atomic E-state index is 12.6. The van der Waals surface area contributed by atoms with Crippen LogP contribution in [0, 0.1) is 6.92 Å². The summed E-state index contributed by atoms with van der Waals surface area (Å²) in [7, 11) is 0. The van der Waals surface area contributed by atoms with Crippen molar-refractivity contribution in [2.45, 2.75) is 38.6 Å². The second kappa shape index (κ2) is 6.89. The Hall–Kier alpha value is -0.350. The van der Waals surface area contributed by atoms with Crippen LogP contribution in [0.3, 0.4) is 0 Å². The molecule has 0 aromatic heterocycles. The summed E-state index contributed by atoms with van der Waals surface area (Å²) in [5, 5.41) is 1.01. The molecule has 1 heterocycles. The lowest BCUT2D eigenvalue weighted by molar-refractivity contribution is 0.0729. The minimum atomic E-state index is 0.170. The molecule has 1 aromatic rings. The van der Waals surface area contributed by atoms with Gasteiger partial charge < -0.3 is 4.90 Å². The lowest BCUT2D eigenvalue weighted by Crippen LogP contribution is -2.35. The van der Waals surface area contributed by atoms with E-state index < -0.39 is 0 Å². The molecule has 2 nitrogen and oxygen atoms in total. The van der Waals surface area contributed by atoms with E-state index in [0.29, 0.717) is 6.04 Å². The molecule has 1 aromatic carbocycles. The summed E-state index contributed by atoms with van der Waals surface area (Å²) >= 11 is 6.98. The maximum Gasteiger partial charge on any atom is 0.255 e. The van der Waals surface area contributed by atoms with Crippen LogP contribution in [0.1, 0.15) is 41.6 Å². The topological polar surface area (TPSA) is 20.3 Å². The predicted molar refractivity (Wildman–Crippen MR) is 86.0 cm³/mol. The summed E-state index contributed by atoms with van der Waals surface area (Å²) in [6, 6.07) is 6.36. The van der Waals surface area contributed by atoms with Crippen LogP contribution in [0.25, 0.3) is 0 Å². The number of hydrogen-bond donors (Lipinski definition) is 0. The molecule has 1 unspecified atom stereocenters. The number of hydrogen-bond acceptors (Lipinski definition) is 1. The second-order valence-electron chi connectivity index (χ2n) is 5.11. The number of nitrogens with zero attached hydrogens (tertiary/aromatic N) is 1. The van der Waals surface area contributed by atoms with Crippen molar-refractivity contribution in [1.82, 2.24) is 4.90 Å². The number of aryl methyl sites for hydroxylation is 1. The fourth-order valence-corrected chi connectivity index (χ4v) is 3.65. The van der Waals surface area contributed by atoms with E-state index in [-0.39, 0.29) is 5.91 Å². The van der Waals surface area contributed by atoms with Crippen molar-refractivity contribution in [1.29, 1.82) is 0 Å². The largest absolute Gasteiger partial charge is 0.336 e. The van der Waals surface area contributed by atoms with Crippen LogP contribution in [0.2, 0.25) is 0 Å². The zero-order valence-corrected chi connectivity index (χ0v) is 14.3. The lowest BCUT2D eigenvalue weighted by Gasteiger charge is -2.25. The minimum absolute atomic E-state index is 0.170. The number of amides is 1. The standard InChI is InChI=1S/C15H19Br2NO/c1-11-6-7-13(14(17)10-11)15(19)18-9-3-5-12(18)4-2-8-16/h6-7,10,12H,2-5,8-9H2,1H3. The summed E-state index contributed by atoms with van der Waals surface area (Å²) in [6.07, 6.45) is 4.49. The number of likely N-dealkylation sites (tertiary alicyclic amines) is 1. The Morgan fingerprint density at radius 1 is 1.47 bits per heavy atom. The minimum Gasteiger partial charge on any atom is -0.336 e. The average molecular weight is 389 g/mol. The van der Waals surface area contributed by atoms with Gasteiger partial charge in [-0.1, -0.05) is 22.0 Å². The van der Waals surface area contributed by atoms with Crippen molar-refractivity contribution in [2.24, 2.45) is 0 Å². The summed E-state index contributed by atoms with van der Waals surface area (Å²) < 4.78 is 0.906. The molecule has 19 heavy (non-hydrogen) atoms. The Morgan fingerprint density at radius 3 is 2.95 bits per heavy atom. The number of carbonyl (C=O) groups excluding carboxylic acids is 1. The van der Waals surface area contributed by atoms with Gasteiger partial charge in [-0.25, -0.2) is 0 Å². The van der Waals surface area contributed by atoms with E-state index in [2.05, 4.69) is 36.8 Å². The normalized spacial score (nSPS) is 18.9. The van der Waals surface area contributed by atoms with E-state index in [1.54, 1.807) is 0 Å². The molecule has 0 bridgehead atoms. The molecule has 1 aliphatic rings. The number of benzene rings is 1. The Morgan fingerprint density at radius 2 is 2.26 bits per heavy atom. The molecule has 1 amide bonds. The van der Waals surface area contributed by atoms with Gasteiger partial charge in [-0.3, -0.25) is 4.79 Å². The first-order valence-electron chi connectivity index (χ1n) is 6.76. The highest BCUT2D eigenvalue weighted by Gasteiger charge is 2.29. The molecule has 104 valence electrons. The first kappa shape index (κ1) is 15.0. The van der Waals surface area contributed by atoms with E-state index in [0.717, 1.165) is 47.6 Å². The Labute approximate surface area is 131 Å². The molecule has 1 aliphatic heterocycles. The SMILES string of the molecule is Cc1ccc(C(=O)N2CCCC2CCCBr)c(Br)c1. The van der Waals surface area contributed by atoms with Crippen LogP contribution in [-0.2, 0) is 0 Å².